The number of rotatable bonds is 9. The van der Waals surface area contributed by atoms with E-state index in [1.165, 1.54) is 5.56 Å². The van der Waals surface area contributed by atoms with E-state index in [0.29, 0.717) is 17.7 Å². The fourth-order valence-corrected chi connectivity index (χ4v) is 5.36. The van der Waals surface area contributed by atoms with Crippen LogP contribution >= 0.6 is 0 Å². The molecular weight excluding hydrogens is 538 g/mol. The summed E-state index contributed by atoms with van der Waals surface area (Å²) in [5.41, 5.74) is 1.97. The number of benzene rings is 1. The minimum Gasteiger partial charge on any atom is -0.479 e. The molecule has 220 valence electrons. The summed E-state index contributed by atoms with van der Waals surface area (Å²) in [4.78, 5) is 39.9. The van der Waals surface area contributed by atoms with Gasteiger partial charge in [-0.1, -0.05) is 24.3 Å². The molecule has 41 heavy (non-hydrogen) atoms. The van der Waals surface area contributed by atoms with Gasteiger partial charge in [0.25, 0.3) is 5.91 Å². The van der Waals surface area contributed by atoms with Gasteiger partial charge in [-0.25, -0.2) is 9.59 Å². The van der Waals surface area contributed by atoms with Crippen LogP contribution < -0.4 is 5.32 Å². The molecule has 1 amide bonds. The Labute approximate surface area is 234 Å². The molecule has 2 aromatic heterocycles. The first kappa shape index (κ1) is 30.1. The third-order valence-electron chi connectivity index (χ3n) is 7.58. The van der Waals surface area contributed by atoms with Crippen LogP contribution in [0, 0.1) is 5.92 Å². The van der Waals surface area contributed by atoms with Gasteiger partial charge < -0.3 is 40.4 Å². The number of para-hydroxylation sites is 1. The van der Waals surface area contributed by atoms with Crippen molar-refractivity contribution in [2.24, 2.45) is 5.92 Å². The predicted molar refractivity (Wildman–Crippen MR) is 143 cm³/mol. The lowest BCUT2D eigenvalue weighted by Gasteiger charge is -2.51. The second kappa shape index (κ2) is 13.2. The van der Waals surface area contributed by atoms with Crippen molar-refractivity contribution in [1.82, 2.24) is 15.2 Å². The molecule has 3 fully saturated rings. The van der Waals surface area contributed by atoms with E-state index >= 15 is 0 Å². The number of nitrogens with one attached hydrogen (secondary N) is 1. The van der Waals surface area contributed by atoms with Crippen LogP contribution in [-0.4, -0.2) is 108 Å². The molecule has 3 aliphatic rings. The van der Waals surface area contributed by atoms with Gasteiger partial charge in [-0.05, 0) is 62.0 Å². The fraction of sp³-hybridized carbons (Fsp3) is 0.429. The van der Waals surface area contributed by atoms with Crippen molar-refractivity contribution >= 4 is 28.8 Å². The lowest BCUT2D eigenvalue weighted by molar-refractivity contribution is -0.172. The zero-order chi connectivity index (χ0) is 29.7. The number of aliphatic hydroxyl groups is 4. The minimum atomic E-state index is -2.36. The molecule has 3 aliphatic heterocycles. The molecule has 13 heteroatoms. The van der Waals surface area contributed by atoms with E-state index in [4.69, 9.17) is 35.1 Å². The van der Waals surface area contributed by atoms with E-state index in [2.05, 4.69) is 21.3 Å². The third-order valence-corrected chi connectivity index (χ3v) is 7.58. The summed E-state index contributed by atoms with van der Waals surface area (Å²) in [5.74, 6) is -2.86. The van der Waals surface area contributed by atoms with E-state index in [1.807, 2.05) is 42.6 Å². The number of hydrogen-bond donors (Lipinski definition) is 7. The number of fused-ring (bicyclic) bond motifs is 4. The lowest BCUT2D eigenvalue weighted by atomic mass is 9.76. The number of furan rings is 1. The second-order valence-electron chi connectivity index (χ2n) is 10.2. The molecule has 3 saturated heterocycles. The molecule has 0 unspecified atom stereocenters. The van der Waals surface area contributed by atoms with Crippen LogP contribution in [0.15, 0.2) is 59.3 Å². The summed E-state index contributed by atoms with van der Waals surface area (Å²) in [6, 6.07) is 14.1. The number of aliphatic hydroxyl groups excluding tert-OH is 4. The van der Waals surface area contributed by atoms with Gasteiger partial charge in [-0.15, -0.1) is 0 Å². The van der Waals surface area contributed by atoms with E-state index in [1.54, 1.807) is 6.20 Å². The predicted octanol–water partition coefficient (Wildman–Crippen LogP) is -0.138. The first-order chi connectivity index (χ1) is 19.6. The van der Waals surface area contributed by atoms with Crippen molar-refractivity contribution in [1.29, 1.82) is 0 Å². The number of nitrogens with zero attached hydrogens (tertiary/aromatic N) is 2. The van der Waals surface area contributed by atoms with Crippen LogP contribution in [0.2, 0.25) is 0 Å². The minimum absolute atomic E-state index is 0.110. The number of aliphatic carboxylic acids is 2. The molecule has 0 saturated carbocycles. The number of pyridine rings is 1. The van der Waals surface area contributed by atoms with Crippen LogP contribution in [0.25, 0.3) is 11.0 Å². The van der Waals surface area contributed by atoms with E-state index < -0.39 is 36.4 Å². The van der Waals surface area contributed by atoms with Crippen LogP contribution in [-0.2, 0) is 16.0 Å². The van der Waals surface area contributed by atoms with Gasteiger partial charge in [-0.2, -0.15) is 0 Å². The molecule has 0 spiro atoms. The summed E-state index contributed by atoms with van der Waals surface area (Å²) < 4.78 is 5.77. The van der Waals surface area contributed by atoms with E-state index in [9.17, 15) is 14.4 Å². The van der Waals surface area contributed by atoms with Crippen LogP contribution in [0.1, 0.15) is 29.0 Å². The normalized spacial score (nSPS) is 24.4. The summed E-state index contributed by atoms with van der Waals surface area (Å²) >= 11 is 0. The maximum absolute atomic E-state index is 12.9. The summed E-state index contributed by atoms with van der Waals surface area (Å²) in [5, 5.41) is 55.7. The summed E-state index contributed by atoms with van der Waals surface area (Å²) in [6.07, 6.45) is -2.34. The zero-order valence-corrected chi connectivity index (χ0v) is 22.0. The molecule has 3 aromatic rings. The maximum Gasteiger partial charge on any atom is 0.335 e. The number of piperidine rings is 3. The molecule has 2 bridgehead atoms. The molecular formula is C28H33N3O10. The van der Waals surface area contributed by atoms with Gasteiger partial charge in [0.05, 0.1) is 0 Å². The molecule has 13 nitrogen and oxygen atoms in total. The highest BCUT2D eigenvalue weighted by Gasteiger charge is 2.43. The van der Waals surface area contributed by atoms with Crippen molar-refractivity contribution in [2.75, 3.05) is 13.1 Å². The molecule has 7 N–H and O–H groups in total. The fourth-order valence-electron chi connectivity index (χ4n) is 5.36. The average Bonchev–Trinajstić information content (AvgIpc) is 3.43. The van der Waals surface area contributed by atoms with Crippen molar-refractivity contribution in [2.45, 2.75) is 55.8 Å². The standard InChI is InChI=1S/C22H23N3O2.C6H10O8/c26-22(20-13-17-5-1-2-6-19(17)27-20)24-21-16-7-10-25(11-8-16)18(21)12-15-4-3-9-23-14-15;7-1(3(9)5(11)12)2(8)4(10)6(13)14/h1-6,9,13-14,16,18,21H,7-8,10-12H2,(H,24,26);1-4,7-10H,(H,11,12)(H,13,14)/t18-,21-;1-,2+,3+,4-/m1./s1. The quantitative estimate of drug-likeness (QED) is 0.179. The molecule has 6 rings (SSSR count). The van der Waals surface area contributed by atoms with Crippen molar-refractivity contribution in [3.05, 3.63) is 66.2 Å². The number of aromatic nitrogens is 1. The number of amides is 1. The SMILES string of the molecule is O=C(N[C@@H]1C2CCN(CC2)[C@@H]1Cc1cccnc1)c1cc2ccccc2o1.O=C(O)[C@@H](O)[C@H](O)[C@H](O)[C@@H](O)C(=O)O. The van der Waals surface area contributed by atoms with Crippen molar-refractivity contribution < 1.29 is 49.4 Å². The number of carboxylic acid groups (broad SMARTS) is 2. The first-order valence-corrected chi connectivity index (χ1v) is 13.2. The van der Waals surface area contributed by atoms with Crippen LogP contribution in [0.3, 0.4) is 0 Å². The molecule has 6 atom stereocenters. The Balaban J connectivity index is 0.000000237. The van der Waals surface area contributed by atoms with Gasteiger partial charge in [0.15, 0.2) is 18.0 Å². The number of carbonyl (C=O) groups is 3. The monoisotopic (exact) mass is 571 g/mol. The Morgan fingerprint density at radius 2 is 1.59 bits per heavy atom. The number of hydrogen-bond acceptors (Lipinski definition) is 10. The Morgan fingerprint density at radius 1 is 0.951 bits per heavy atom. The smallest absolute Gasteiger partial charge is 0.335 e. The largest absolute Gasteiger partial charge is 0.479 e. The molecule has 1 aromatic carbocycles. The topological polar surface area (TPSA) is 214 Å². The highest BCUT2D eigenvalue weighted by Crippen LogP contribution is 2.34. The van der Waals surface area contributed by atoms with Crippen LogP contribution in [0.5, 0.6) is 0 Å². The Kier molecular flexibility index (Phi) is 9.68. The van der Waals surface area contributed by atoms with E-state index in [-0.39, 0.29) is 11.9 Å². The van der Waals surface area contributed by atoms with Gasteiger partial charge in [0, 0.05) is 29.9 Å². The summed E-state index contributed by atoms with van der Waals surface area (Å²) in [7, 11) is 0. The van der Waals surface area contributed by atoms with Crippen LogP contribution in [0.4, 0.5) is 0 Å². The van der Waals surface area contributed by atoms with Gasteiger partial charge in [0.2, 0.25) is 0 Å². The van der Waals surface area contributed by atoms with Gasteiger partial charge in [-0.3, -0.25) is 14.7 Å². The van der Waals surface area contributed by atoms with Crippen molar-refractivity contribution in [3.63, 3.8) is 0 Å². The molecule has 5 heterocycles. The zero-order valence-electron chi connectivity index (χ0n) is 22.0. The Bertz CT molecular complexity index is 1280. The highest BCUT2D eigenvalue weighted by atomic mass is 16.4. The van der Waals surface area contributed by atoms with E-state index in [0.717, 1.165) is 43.3 Å². The maximum atomic E-state index is 12.9. The highest BCUT2D eigenvalue weighted by molar-refractivity contribution is 5.96. The Hall–Kier alpha value is -3.88. The third kappa shape index (κ3) is 7.07. The molecule has 0 radical (unpaired) electrons. The van der Waals surface area contributed by atoms with Gasteiger partial charge >= 0.3 is 11.9 Å². The average molecular weight is 572 g/mol. The Morgan fingerprint density at radius 3 is 2.15 bits per heavy atom. The summed E-state index contributed by atoms with van der Waals surface area (Å²) in [6.45, 7) is 2.24. The van der Waals surface area contributed by atoms with Crippen molar-refractivity contribution in [3.8, 4) is 0 Å². The number of carboxylic acids is 2. The molecule has 0 aliphatic carbocycles. The second-order valence-corrected chi connectivity index (χ2v) is 10.2. The lowest BCUT2D eigenvalue weighted by Crippen LogP contribution is -2.64. The van der Waals surface area contributed by atoms with Gasteiger partial charge in [0.1, 0.15) is 17.8 Å². The number of carbonyl (C=O) groups excluding carboxylic acids is 1. The first-order valence-electron chi connectivity index (χ1n) is 13.2.